The molecular weight excluding hydrogens is 317 g/mol. The molecule has 0 aliphatic carbocycles. The van der Waals surface area contributed by atoms with Gasteiger partial charge in [0.1, 0.15) is 27.9 Å². The van der Waals surface area contributed by atoms with Gasteiger partial charge in [-0.2, -0.15) is 5.26 Å². The van der Waals surface area contributed by atoms with Crippen molar-refractivity contribution in [2.24, 2.45) is 0 Å². The predicted molar refractivity (Wildman–Crippen MR) is 72.0 cm³/mol. The molecule has 0 aliphatic heterocycles. The number of hydrogen-bond donors (Lipinski definition) is 0. The molecule has 0 atom stereocenters. The van der Waals surface area contributed by atoms with E-state index >= 15 is 0 Å². The minimum Gasteiger partial charge on any atom is -0.406 e. The maximum Gasteiger partial charge on any atom is 0.573 e. The van der Waals surface area contributed by atoms with Crippen molar-refractivity contribution in [1.82, 2.24) is 15.0 Å². The number of nitriles is 1. The zero-order valence-electron chi connectivity index (χ0n) is 10.6. The molecular formula is C13H5F3N4OS. The smallest absolute Gasteiger partial charge is 0.406 e. The number of alkyl halides is 3. The number of fused-ring (bicyclic) bond motifs is 1. The highest BCUT2D eigenvalue weighted by Gasteiger charge is 2.31. The molecule has 2 heterocycles. The highest BCUT2D eigenvalue weighted by atomic mass is 32.1. The van der Waals surface area contributed by atoms with Crippen molar-refractivity contribution in [2.75, 3.05) is 0 Å². The molecule has 2 aromatic heterocycles. The highest BCUT2D eigenvalue weighted by molar-refractivity contribution is 7.16. The number of ether oxygens (including phenoxy) is 1. The summed E-state index contributed by atoms with van der Waals surface area (Å²) in [4.78, 5) is 12.8. The summed E-state index contributed by atoms with van der Waals surface area (Å²) in [5.41, 5.74) is 2.96. The van der Waals surface area contributed by atoms with Gasteiger partial charge in [0, 0.05) is 5.56 Å². The Morgan fingerprint density at radius 1 is 1.14 bits per heavy atom. The quantitative estimate of drug-likeness (QED) is 0.722. The number of nitrogens with zero attached hydrogens (tertiary/aromatic N) is 4. The molecule has 110 valence electrons. The topological polar surface area (TPSA) is 71.7 Å². The molecule has 0 fully saturated rings. The standard InChI is InChI=1S/C13H5F3N4OS/c14-13(15,16)21-8-3-1-7(2-4-8)10-11-12(22-6-18-11)20-9(5-17)19-10/h1-4,6H. The molecule has 0 saturated heterocycles. The van der Waals surface area contributed by atoms with Crippen LogP contribution >= 0.6 is 11.3 Å². The van der Waals surface area contributed by atoms with Gasteiger partial charge in [0.15, 0.2) is 0 Å². The van der Waals surface area contributed by atoms with Gasteiger partial charge in [-0.3, -0.25) is 0 Å². The van der Waals surface area contributed by atoms with E-state index in [9.17, 15) is 13.2 Å². The van der Waals surface area contributed by atoms with E-state index in [4.69, 9.17) is 5.26 Å². The Labute approximate surface area is 125 Å². The lowest BCUT2D eigenvalue weighted by Crippen LogP contribution is -2.16. The Bertz CT molecular complexity index is 868. The Morgan fingerprint density at radius 3 is 2.50 bits per heavy atom. The average Bonchev–Trinajstić information content (AvgIpc) is 2.93. The maximum atomic E-state index is 12.1. The molecule has 0 spiro atoms. The van der Waals surface area contributed by atoms with Crippen molar-refractivity contribution >= 4 is 21.7 Å². The molecule has 3 aromatic rings. The highest BCUT2D eigenvalue weighted by Crippen LogP contribution is 2.29. The second kappa shape index (κ2) is 5.23. The van der Waals surface area contributed by atoms with Crippen molar-refractivity contribution in [3.63, 3.8) is 0 Å². The van der Waals surface area contributed by atoms with Crippen molar-refractivity contribution in [3.8, 4) is 23.1 Å². The third kappa shape index (κ3) is 2.82. The fraction of sp³-hybridized carbons (Fsp3) is 0.0769. The Kier molecular flexibility index (Phi) is 3.38. The van der Waals surface area contributed by atoms with Gasteiger partial charge in [0.2, 0.25) is 5.82 Å². The van der Waals surface area contributed by atoms with E-state index in [0.717, 1.165) is 0 Å². The van der Waals surface area contributed by atoms with Crippen molar-refractivity contribution in [2.45, 2.75) is 6.36 Å². The number of benzene rings is 1. The molecule has 5 nitrogen and oxygen atoms in total. The van der Waals surface area contributed by atoms with Crippen LogP contribution in [0.5, 0.6) is 5.75 Å². The van der Waals surface area contributed by atoms with Gasteiger partial charge >= 0.3 is 6.36 Å². The Morgan fingerprint density at radius 2 is 1.86 bits per heavy atom. The minimum atomic E-state index is -4.74. The van der Waals surface area contributed by atoms with Crippen LogP contribution in [0, 0.1) is 11.3 Å². The second-order valence-electron chi connectivity index (χ2n) is 4.09. The zero-order chi connectivity index (χ0) is 15.7. The summed E-state index contributed by atoms with van der Waals surface area (Å²) in [7, 11) is 0. The number of halogens is 3. The van der Waals surface area contributed by atoms with Crippen LogP contribution in [0.4, 0.5) is 13.2 Å². The molecule has 0 saturated carbocycles. The molecule has 22 heavy (non-hydrogen) atoms. The van der Waals surface area contributed by atoms with Crippen LogP contribution < -0.4 is 4.74 Å². The summed E-state index contributed by atoms with van der Waals surface area (Å²) in [5.74, 6) is -0.359. The third-order valence-electron chi connectivity index (χ3n) is 2.66. The van der Waals surface area contributed by atoms with E-state index in [-0.39, 0.29) is 11.6 Å². The van der Waals surface area contributed by atoms with Crippen LogP contribution in [-0.2, 0) is 0 Å². The zero-order valence-corrected chi connectivity index (χ0v) is 11.4. The molecule has 0 bridgehead atoms. The van der Waals surface area contributed by atoms with Gasteiger partial charge in [-0.05, 0) is 24.3 Å². The lowest BCUT2D eigenvalue weighted by Gasteiger charge is -2.09. The van der Waals surface area contributed by atoms with Gasteiger partial charge in [-0.15, -0.1) is 24.5 Å². The first kappa shape index (κ1) is 14.2. The fourth-order valence-electron chi connectivity index (χ4n) is 1.83. The van der Waals surface area contributed by atoms with Crippen molar-refractivity contribution in [3.05, 3.63) is 35.6 Å². The lowest BCUT2D eigenvalue weighted by molar-refractivity contribution is -0.274. The van der Waals surface area contributed by atoms with E-state index in [2.05, 4.69) is 19.7 Å². The average molecular weight is 322 g/mol. The Hall–Kier alpha value is -2.73. The van der Waals surface area contributed by atoms with Crippen LogP contribution in [0.15, 0.2) is 29.8 Å². The SMILES string of the molecule is N#Cc1nc(-c2ccc(OC(F)(F)F)cc2)c2ncsc2n1. The van der Waals surface area contributed by atoms with Crippen LogP contribution in [0.1, 0.15) is 5.82 Å². The van der Waals surface area contributed by atoms with Crippen molar-refractivity contribution in [1.29, 1.82) is 5.26 Å². The van der Waals surface area contributed by atoms with Gasteiger partial charge in [-0.1, -0.05) is 0 Å². The Balaban J connectivity index is 2.04. The van der Waals surface area contributed by atoms with Gasteiger partial charge < -0.3 is 4.74 Å². The molecule has 1 aromatic carbocycles. The monoisotopic (exact) mass is 322 g/mol. The number of rotatable bonds is 2. The van der Waals surface area contributed by atoms with E-state index in [1.165, 1.54) is 35.6 Å². The molecule has 3 rings (SSSR count). The predicted octanol–water partition coefficient (Wildman–Crippen LogP) is 3.52. The summed E-state index contributed by atoms with van der Waals surface area (Å²) in [5, 5.41) is 8.94. The maximum absolute atomic E-state index is 12.1. The lowest BCUT2D eigenvalue weighted by atomic mass is 10.1. The van der Waals surface area contributed by atoms with E-state index in [1.807, 2.05) is 6.07 Å². The normalized spacial score (nSPS) is 11.4. The fourth-order valence-corrected chi connectivity index (χ4v) is 2.49. The van der Waals surface area contributed by atoms with Gasteiger partial charge in [0.05, 0.1) is 5.51 Å². The molecule has 0 unspecified atom stereocenters. The summed E-state index contributed by atoms with van der Waals surface area (Å²) < 4.78 is 40.2. The second-order valence-corrected chi connectivity index (χ2v) is 4.92. The van der Waals surface area contributed by atoms with Crippen LogP contribution in [0.2, 0.25) is 0 Å². The van der Waals surface area contributed by atoms with Crippen molar-refractivity contribution < 1.29 is 17.9 Å². The third-order valence-corrected chi connectivity index (χ3v) is 3.38. The molecule has 0 N–H and O–H groups in total. The number of thiazole rings is 1. The van der Waals surface area contributed by atoms with E-state index in [1.54, 1.807) is 5.51 Å². The van der Waals surface area contributed by atoms with Crippen LogP contribution in [0.25, 0.3) is 21.6 Å². The van der Waals surface area contributed by atoms with Gasteiger partial charge in [-0.25, -0.2) is 15.0 Å². The molecule has 0 aliphatic rings. The van der Waals surface area contributed by atoms with Crippen LogP contribution in [-0.4, -0.2) is 21.3 Å². The van der Waals surface area contributed by atoms with Crippen LogP contribution in [0.3, 0.4) is 0 Å². The molecule has 0 radical (unpaired) electrons. The van der Waals surface area contributed by atoms with E-state index < -0.39 is 6.36 Å². The minimum absolute atomic E-state index is 0.0256. The largest absolute Gasteiger partial charge is 0.573 e. The first-order valence-electron chi connectivity index (χ1n) is 5.84. The first-order valence-corrected chi connectivity index (χ1v) is 6.72. The summed E-state index contributed by atoms with van der Waals surface area (Å²) in [6, 6.07) is 7.04. The summed E-state index contributed by atoms with van der Waals surface area (Å²) in [6.07, 6.45) is -4.74. The summed E-state index contributed by atoms with van der Waals surface area (Å²) in [6.45, 7) is 0. The van der Waals surface area contributed by atoms with Gasteiger partial charge in [0.25, 0.3) is 0 Å². The number of hydrogen-bond acceptors (Lipinski definition) is 6. The first-order chi connectivity index (χ1) is 10.5. The number of aromatic nitrogens is 3. The summed E-state index contributed by atoms with van der Waals surface area (Å²) >= 11 is 1.25. The van der Waals surface area contributed by atoms with E-state index in [0.29, 0.717) is 21.6 Å². The molecule has 0 amide bonds. The molecule has 9 heteroatoms.